The number of carbonyl (C=O) groups excluding carboxylic acids is 1. The van der Waals surface area contributed by atoms with Crippen molar-refractivity contribution < 1.29 is 32.3 Å². The Morgan fingerprint density at radius 2 is 1.71 bits per heavy atom. The van der Waals surface area contributed by atoms with Gasteiger partial charge in [-0.3, -0.25) is 4.79 Å². The fourth-order valence-corrected chi connectivity index (χ4v) is 5.30. The van der Waals surface area contributed by atoms with E-state index in [9.17, 15) is 32.3 Å². The number of aromatic carboxylic acids is 1. The van der Waals surface area contributed by atoms with Gasteiger partial charge in [0.25, 0.3) is 0 Å². The lowest BCUT2D eigenvalue weighted by Crippen LogP contribution is -2.29. The molecule has 0 radical (unpaired) electrons. The maximum atomic E-state index is 14.6. The highest BCUT2D eigenvalue weighted by Crippen LogP contribution is 2.50. The molecule has 5 rings (SSSR count). The Labute approximate surface area is 200 Å². The standard InChI is InChI=1S/C26H17F4NO3S/c27-20-12-15(26(28,29)30)5-8-19(20)25(9-10-25)24(34)31-16-6-7-17(18(13-16)23(32)33)22-11-14-3-1-2-4-21(14)35-22/h1-8,11-13H,9-10H2,(H,31,34)(H,32,33). The number of anilines is 1. The first-order valence-electron chi connectivity index (χ1n) is 10.6. The molecule has 1 saturated carbocycles. The number of thiophene rings is 1. The van der Waals surface area contributed by atoms with E-state index in [1.807, 2.05) is 30.3 Å². The van der Waals surface area contributed by atoms with Crippen molar-refractivity contribution in [3.63, 3.8) is 0 Å². The van der Waals surface area contributed by atoms with Crippen molar-refractivity contribution in [2.24, 2.45) is 0 Å². The number of carboxylic acids is 1. The third-order valence-corrected chi connectivity index (χ3v) is 7.34. The van der Waals surface area contributed by atoms with Gasteiger partial charge in [-0.2, -0.15) is 13.2 Å². The molecule has 0 aliphatic heterocycles. The van der Waals surface area contributed by atoms with Gasteiger partial charge in [0.1, 0.15) is 5.82 Å². The topological polar surface area (TPSA) is 66.4 Å². The van der Waals surface area contributed by atoms with E-state index in [4.69, 9.17) is 0 Å². The summed E-state index contributed by atoms with van der Waals surface area (Å²) in [5, 5.41) is 13.4. The summed E-state index contributed by atoms with van der Waals surface area (Å²) in [6.45, 7) is 0. The summed E-state index contributed by atoms with van der Waals surface area (Å²) in [6, 6.07) is 16.2. The molecule has 2 N–H and O–H groups in total. The molecule has 3 aromatic carbocycles. The lowest BCUT2D eigenvalue weighted by Gasteiger charge is -2.18. The van der Waals surface area contributed by atoms with E-state index in [0.29, 0.717) is 11.6 Å². The summed E-state index contributed by atoms with van der Waals surface area (Å²) in [5.41, 5.74) is -1.84. The number of nitrogens with one attached hydrogen (secondary N) is 1. The quantitative estimate of drug-likeness (QED) is 0.288. The highest BCUT2D eigenvalue weighted by molar-refractivity contribution is 7.22. The van der Waals surface area contributed by atoms with Gasteiger partial charge < -0.3 is 10.4 Å². The summed E-state index contributed by atoms with van der Waals surface area (Å²) in [7, 11) is 0. The van der Waals surface area contributed by atoms with Gasteiger partial charge in [-0.05, 0) is 54.6 Å². The second kappa shape index (κ2) is 8.20. The maximum absolute atomic E-state index is 14.6. The fraction of sp³-hybridized carbons (Fsp3) is 0.154. The minimum absolute atomic E-state index is 0.0140. The molecule has 1 heterocycles. The summed E-state index contributed by atoms with van der Waals surface area (Å²) >= 11 is 1.45. The molecule has 1 aromatic heterocycles. The van der Waals surface area contributed by atoms with Gasteiger partial charge in [0.05, 0.1) is 16.5 Å². The average molecular weight is 499 g/mol. The first-order valence-corrected chi connectivity index (χ1v) is 11.5. The van der Waals surface area contributed by atoms with Crippen LogP contribution < -0.4 is 5.32 Å². The van der Waals surface area contributed by atoms with Crippen molar-refractivity contribution in [3.8, 4) is 10.4 Å². The molecule has 0 bridgehead atoms. The van der Waals surface area contributed by atoms with Crippen LogP contribution >= 0.6 is 11.3 Å². The normalized spacial score (nSPS) is 14.6. The molecule has 1 amide bonds. The van der Waals surface area contributed by atoms with Crippen LogP contribution in [-0.4, -0.2) is 17.0 Å². The number of alkyl halides is 3. The van der Waals surface area contributed by atoms with Gasteiger partial charge in [0.2, 0.25) is 5.91 Å². The van der Waals surface area contributed by atoms with Crippen LogP contribution in [0.3, 0.4) is 0 Å². The summed E-state index contributed by atoms with van der Waals surface area (Å²) in [6.07, 6.45) is -4.15. The maximum Gasteiger partial charge on any atom is 0.416 e. The van der Waals surface area contributed by atoms with Crippen molar-refractivity contribution in [1.82, 2.24) is 0 Å². The number of fused-ring (bicyclic) bond motifs is 1. The summed E-state index contributed by atoms with van der Waals surface area (Å²) in [4.78, 5) is 25.8. The van der Waals surface area contributed by atoms with E-state index in [1.54, 1.807) is 12.1 Å². The molecule has 35 heavy (non-hydrogen) atoms. The van der Waals surface area contributed by atoms with E-state index in [-0.39, 0.29) is 29.7 Å². The fourth-order valence-electron chi connectivity index (χ4n) is 4.20. The predicted molar refractivity (Wildman–Crippen MR) is 125 cm³/mol. The second-order valence-electron chi connectivity index (χ2n) is 8.44. The number of halogens is 4. The monoisotopic (exact) mass is 499 g/mol. The van der Waals surface area contributed by atoms with E-state index >= 15 is 0 Å². The Balaban J connectivity index is 1.44. The highest BCUT2D eigenvalue weighted by atomic mass is 32.1. The molecule has 178 valence electrons. The molecule has 0 unspecified atom stereocenters. The Hall–Kier alpha value is -3.72. The zero-order chi connectivity index (χ0) is 25.0. The number of benzene rings is 3. The Bertz CT molecular complexity index is 1450. The summed E-state index contributed by atoms with van der Waals surface area (Å²) < 4.78 is 54.2. The van der Waals surface area contributed by atoms with Crippen LogP contribution in [0.5, 0.6) is 0 Å². The third-order valence-electron chi connectivity index (χ3n) is 6.20. The van der Waals surface area contributed by atoms with Crippen molar-refractivity contribution >= 4 is 39.0 Å². The molecule has 1 fully saturated rings. The zero-order valence-electron chi connectivity index (χ0n) is 17.9. The van der Waals surface area contributed by atoms with Gasteiger partial charge >= 0.3 is 12.1 Å². The van der Waals surface area contributed by atoms with E-state index < -0.39 is 34.8 Å². The van der Waals surface area contributed by atoms with Crippen LogP contribution in [0.2, 0.25) is 0 Å². The van der Waals surface area contributed by atoms with Crippen LogP contribution in [0, 0.1) is 5.82 Å². The van der Waals surface area contributed by atoms with Crippen LogP contribution in [0.15, 0.2) is 66.7 Å². The molecule has 0 saturated heterocycles. The SMILES string of the molecule is O=C(O)c1cc(NC(=O)C2(c3ccc(C(F)(F)F)cc3F)CC2)ccc1-c1cc2ccccc2s1. The van der Waals surface area contributed by atoms with Gasteiger partial charge in [-0.15, -0.1) is 11.3 Å². The molecule has 0 atom stereocenters. The lowest BCUT2D eigenvalue weighted by molar-refractivity contribution is -0.137. The Kier molecular flexibility index (Phi) is 5.40. The lowest BCUT2D eigenvalue weighted by atomic mass is 9.93. The Morgan fingerprint density at radius 1 is 0.971 bits per heavy atom. The molecule has 0 spiro atoms. The van der Waals surface area contributed by atoms with E-state index in [1.165, 1.54) is 17.4 Å². The van der Waals surface area contributed by atoms with Crippen molar-refractivity contribution in [2.45, 2.75) is 24.4 Å². The van der Waals surface area contributed by atoms with Crippen LogP contribution in [0.1, 0.15) is 34.3 Å². The number of hydrogen-bond donors (Lipinski definition) is 2. The van der Waals surface area contributed by atoms with Crippen LogP contribution in [-0.2, 0) is 16.4 Å². The molecule has 1 aliphatic carbocycles. The van der Waals surface area contributed by atoms with E-state index in [2.05, 4.69) is 5.32 Å². The van der Waals surface area contributed by atoms with Gasteiger partial charge in [-0.1, -0.05) is 30.3 Å². The van der Waals surface area contributed by atoms with Crippen molar-refractivity contribution in [2.75, 3.05) is 5.32 Å². The zero-order valence-corrected chi connectivity index (χ0v) is 18.8. The van der Waals surface area contributed by atoms with Gasteiger partial charge in [0.15, 0.2) is 0 Å². The molecular formula is C26H17F4NO3S. The highest BCUT2D eigenvalue weighted by Gasteiger charge is 2.53. The molecule has 9 heteroatoms. The van der Waals surface area contributed by atoms with Gasteiger partial charge in [0, 0.05) is 26.4 Å². The number of carbonyl (C=O) groups is 2. The van der Waals surface area contributed by atoms with Crippen LogP contribution in [0.25, 0.3) is 20.5 Å². The van der Waals surface area contributed by atoms with Crippen molar-refractivity contribution in [3.05, 3.63) is 89.2 Å². The van der Waals surface area contributed by atoms with Gasteiger partial charge in [-0.25, -0.2) is 9.18 Å². The third kappa shape index (κ3) is 4.16. The smallest absolute Gasteiger partial charge is 0.416 e. The molecular weight excluding hydrogens is 482 g/mol. The average Bonchev–Trinajstić information content (AvgIpc) is 3.50. The second-order valence-corrected chi connectivity index (χ2v) is 9.53. The number of carboxylic acid groups (broad SMARTS) is 1. The number of amides is 1. The first-order chi connectivity index (χ1) is 16.6. The van der Waals surface area contributed by atoms with Crippen LogP contribution in [0.4, 0.5) is 23.2 Å². The van der Waals surface area contributed by atoms with Crippen molar-refractivity contribution in [1.29, 1.82) is 0 Å². The van der Waals surface area contributed by atoms with E-state index in [0.717, 1.165) is 27.1 Å². The molecule has 4 nitrogen and oxygen atoms in total. The molecule has 4 aromatic rings. The minimum atomic E-state index is -4.69. The minimum Gasteiger partial charge on any atom is -0.478 e. The first kappa shape index (κ1) is 23.0. The number of hydrogen-bond acceptors (Lipinski definition) is 3. The summed E-state index contributed by atoms with van der Waals surface area (Å²) in [5.74, 6) is -2.87. The number of rotatable bonds is 5. The largest absolute Gasteiger partial charge is 0.478 e. The predicted octanol–water partition coefficient (Wildman–Crippen LogP) is 7.09. The Morgan fingerprint density at radius 3 is 2.34 bits per heavy atom. The molecule has 1 aliphatic rings.